The fraction of sp³-hybridized carbons (Fsp3) is 0.500. The van der Waals surface area contributed by atoms with Crippen LogP contribution in [0.5, 0.6) is 5.75 Å². The van der Waals surface area contributed by atoms with Crippen molar-refractivity contribution in [3.8, 4) is 5.75 Å². The second-order valence-corrected chi connectivity index (χ2v) is 4.41. The Kier molecular flexibility index (Phi) is 5.71. The smallest absolute Gasteiger partial charge is 0.123 e. The first-order valence-electron chi connectivity index (χ1n) is 5.40. The van der Waals surface area contributed by atoms with Gasteiger partial charge in [-0.1, -0.05) is 11.6 Å². The molecule has 0 aliphatic heterocycles. The molecule has 0 spiro atoms. The van der Waals surface area contributed by atoms with Crippen molar-refractivity contribution < 1.29 is 14.9 Å². The lowest BCUT2D eigenvalue weighted by molar-refractivity contribution is 0.0644. The second-order valence-electron chi connectivity index (χ2n) is 3.97. The van der Waals surface area contributed by atoms with Gasteiger partial charge in [-0.05, 0) is 24.6 Å². The molecule has 17 heavy (non-hydrogen) atoms. The van der Waals surface area contributed by atoms with E-state index in [-0.39, 0.29) is 12.4 Å². The highest BCUT2D eigenvalue weighted by Gasteiger charge is 2.07. The van der Waals surface area contributed by atoms with Crippen LogP contribution < -0.4 is 5.32 Å². The van der Waals surface area contributed by atoms with Crippen LogP contribution in [0.1, 0.15) is 11.1 Å². The fourth-order valence-electron chi connectivity index (χ4n) is 1.56. The Morgan fingerprint density at radius 1 is 1.47 bits per heavy atom. The van der Waals surface area contributed by atoms with E-state index in [9.17, 15) is 10.2 Å². The lowest BCUT2D eigenvalue weighted by Crippen LogP contribution is -2.29. The Labute approximate surface area is 106 Å². The van der Waals surface area contributed by atoms with Crippen LogP contribution in [0.2, 0.25) is 5.02 Å². The highest BCUT2D eigenvalue weighted by Crippen LogP contribution is 2.26. The summed E-state index contributed by atoms with van der Waals surface area (Å²) in [5.41, 5.74) is 1.46. The Bertz CT molecular complexity index is 371. The summed E-state index contributed by atoms with van der Waals surface area (Å²) in [4.78, 5) is 0. The first kappa shape index (κ1) is 14.3. The Morgan fingerprint density at radius 3 is 2.82 bits per heavy atom. The molecule has 4 nitrogen and oxygen atoms in total. The number of methoxy groups -OCH3 is 1. The molecule has 1 aromatic rings. The Balaban J connectivity index is 2.52. The first-order chi connectivity index (χ1) is 8.04. The Hall–Kier alpha value is -0.810. The van der Waals surface area contributed by atoms with E-state index < -0.39 is 6.10 Å². The lowest BCUT2D eigenvalue weighted by atomic mass is 10.1. The van der Waals surface area contributed by atoms with Crippen LogP contribution in [0, 0.1) is 6.92 Å². The minimum absolute atomic E-state index is 0.239. The number of aliphatic hydroxyl groups is 1. The molecule has 1 unspecified atom stereocenters. The fourth-order valence-corrected chi connectivity index (χ4v) is 1.86. The molecule has 0 fully saturated rings. The summed E-state index contributed by atoms with van der Waals surface area (Å²) in [7, 11) is 1.54. The molecule has 96 valence electrons. The highest BCUT2D eigenvalue weighted by molar-refractivity contribution is 6.30. The molecule has 0 heterocycles. The lowest BCUT2D eigenvalue weighted by Gasteiger charge is -2.12. The molecule has 1 atom stereocenters. The maximum absolute atomic E-state index is 9.80. The SMILES string of the molecule is COCC(O)CNCc1cc(Cl)cc(C)c1O. The molecular weight excluding hydrogens is 242 g/mol. The average Bonchev–Trinajstić information content (AvgIpc) is 2.25. The van der Waals surface area contributed by atoms with Crippen LogP contribution in [0.3, 0.4) is 0 Å². The highest BCUT2D eigenvalue weighted by atomic mass is 35.5. The van der Waals surface area contributed by atoms with Crippen LogP contribution in [-0.4, -0.2) is 36.6 Å². The number of nitrogens with one attached hydrogen (secondary N) is 1. The molecule has 0 bridgehead atoms. The molecule has 5 heteroatoms. The maximum Gasteiger partial charge on any atom is 0.123 e. The van der Waals surface area contributed by atoms with Gasteiger partial charge in [-0.3, -0.25) is 0 Å². The molecule has 0 aliphatic rings. The van der Waals surface area contributed by atoms with E-state index >= 15 is 0 Å². The van der Waals surface area contributed by atoms with Crippen molar-refractivity contribution in [2.24, 2.45) is 0 Å². The molecular formula is C12H18ClNO3. The quantitative estimate of drug-likeness (QED) is 0.724. The number of aromatic hydroxyl groups is 1. The van der Waals surface area contributed by atoms with Crippen molar-refractivity contribution in [3.63, 3.8) is 0 Å². The summed E-state index contributed by atoms with van der Waals surface area (Å²) in [6, 6.07) is 3.42. The number of hydrogen-bond donors (Lipinski definition) is 3. The summed E-state index contributed by atoms with van der Waals surface area (Å²) >= 11 is 5.91. The number of benzene rings is 1. The maximum atomic E-state index is 9.80. The van der Waals surface area contributed by atoms with Gasteiger partial charge in [0.2, 0.25) is 0 Å². The van der Waals surface area contributed by atoms with Crippen LogP contribution in [-0.2, 0) is 11.3 Å². The number of hydrogen-bond acceptors (Lipinski definition) is 4. The zero-order chi connectivity index (χ0) is 12.8. The number of aliphatic hydroxyl groups excluding tert-OH is 1. The third kappa shape index (κ3) is 4.52. The predicted octanol–water partition coefficient (Wildman–Crippen LogP) is 1.45. The van der Waals surface area contributed by atoms with Crippen molar-refractivity contribution in [1.82, 2.24) is 5.32 Å². The zero-order valence-corrected chi connectivity index (χ0v) is 10.8. The van der Waals surface area contributed by atoms with Gasteiger partial charge in [-0.2, -0.15) is 0 Å². The summed E-state index contributed by atoms with van der Waals surface area (Å²) in [6.07, 6.45) is -0.553. The molecule has 0 saturated heterocycles. The van der Waals surface area contributed by atoms with Crippen molar-refractivity contribution in [3.05, 3.63) is 28.3 Å². The average molecular weight is 260 g/mol. The third-order valence-electron chi connectivity index (χ3n) is 2.40. The van der Waals surface area contributed by atoms with E-state index in [0.29, 0.717) is 18.1 Å². The molecule has 1 aromatic carbocycles. The normalized spacial score (nSPS) is 12.7. The van der Waals surface area contributed by atoms with Crippen molar-refractivity contribution in [2.45, 2.75) is 19.6 Å². The second kappa shape index (κ2) is 6.81. The summed E-state index contributed by atoms with van der Waals surface area (Å²) in [6.45, 7) is 2.94. The van der Waals surface area contributed by atoms with Gasteiger partial charge in [-0.25, -0.2) is 0 Å². The van der Waals surface area contributed by atoms with Crippen LogP contribution in [0.25, 0.3) is 0 Å². The van der Waals surface area contributed by atoms with E-state index in [1.807, 2.05) is 0 Å². The summed E-state index contributed by atoms with van der Waals surface area (Å²) in [5.74, 6) is 0.239. The van der Waals surface area contributed by atoms with E-state index in [0.717, 1.165) is 11.1 Å². The van der Waals surface area contributed by atoms with Crippen LogP contribution in [0.4, 0.5) is 0 Å². The van der Waals surface area contributed by atoms with Gasteiger partial charge in [0, 0.05) is 30.8 Å². The molecule has 0 radical (unpaired) electrons. The number of phenols is 1. The molecule has 3 N–H and O–H groups in total. The first-order valence-corrected chi connectivity index (χ1v) is 5.78. The van der Waals surface area contributed by atoms with E-state index in [2.05, 4.69) is 5.32 Å². The van der Waals surface area contributed by atoms with Crippen LogP contribution in [0.15, 0.2) is 12.1 Å². The predicted molar refractivity (Wildman–Crippen MR) is 67.4 cm³/mol. The third-order valence-corrected chi connectivity index (χ3v) is 2.62. The number of ether oxygens (including phenoxy) is 1. The molecule has 0 amide bonds. The van der Waals surface area contributed by atoms with Gasteiger partial charge in [0.05, 0.1) is 12.7 Å². The van der Waals surface area contributed by atoms with Crippen molar-refractivity contribution in [2.75, 3.05) is 20.3 Å². The van der Waals surface area contributed by atoms with Gasteiger partial charge in [0.25, 0.3) is 0 Å². The van der Waals surface area contributed by atoms with Crippen molar-refractivity contribution >= 4 is 11.6 Å². The van der Waals surface area contributed by atoms with Gasteiger partial charge >= 0.3 is 0 Å². The molecule has 0 aliphatic carbocycles. The monoisotopic (exact) mass is 259 g/mol. The standard InChI is InChI=1S/C12H18ClNO3/c1-8-3-10(13)4-9(12(8)16)5-14-6-11(15)7-17-2/h3-4,11,14-16H,5-7H2,1-2H3. The minimum Gasteiger partial charge on any atom is -0.507 e. The zero-order valence-electron chi connectivity index (χ0n) is 10.0. The largest absolute Gasteiger partial charge is 0.507 e. The number of aryl methyl sites for hydroxylation is 1. The van der Waals surface area contributed by atoms with E-state index in [1.54, 1.807) is 19.1 Å². The number of halogens is 1. The van der Waals surface area contributed by atoms with Crippen LogP contribution >= 0.6 is 11.6 Å². The topological polar surface area (TPSA) is 61.7 Å². The van der Waals surface area contributed by atoms with Crippen molar-refractivity contribution in [1.29, 1.82) is 0 Å². The van der Waals surface area contributed by atoms with E-state index in [1.165, 1.54) is 7.11 Å². The molecule has 0 aromatic heterocycles. The summed E-state index contributed by atoms with van der Waals surface area (Å²) < 4.78 is 4.81. The molecule has 0 saturated carbocycles. The van der Waals surface area contributed by atoms with Gasteiger partial charge in [0.1, 0.15) is 5.75 Å². The minimum atomic E-state index is -0.553. The van der Waals surface area contributed by atoms with Gasteiger partial charge < -0.3 is 20.3 Å². The van der Waals surface area contributed by atoms with E-state index in [4.69, 9.17) is 16.3 Å². The Morgan fingerprint density at radius 2 is 2.18 bits per heavy atom. The number of phenolic OH excluding ortho intramolecular Hbond substituents is 1. The van der Waals surface area contributed by atoms with Gasteiger partial charge in [-0.15, -0.1) is 0 Å². The molecule has 1 rings (SSSR count). The number of rotatable bonds is 6. The van der Waals surface area contributed by atoms with Gasteiger partial charge in [0.15, 0.2) is 0 Å². The summed E-state index contributed by atoms with van der Waals surface area (Å²) in [5, 5.41) is 22.9.